The Balaban J connectivity index is 1.94. The molecule has 2 rings (SSSR count). The van der Waals surface area contributed by atoms with Crippen molar-refractivity contribution in [2.75, 3.05) is 6.54 Å². The van der Waals surface area contributed by atoms with E-state index in [0.29, 0.717) is 6.54 Å². The highest BCUT2D eigenvalue weighted by atomic mass is 32.2. The van der Waals surface area contributed by atoms with E-state index < -0.39 is 0 Å². The van der Waals surface area contributed by atoms with Gasteiger partial charge in [-0.3, -0.25) is 4.79 Å². The first-order valence-corrected chi connectivity index (χ1v) is 8.53. The van der Waals surface area contributed by atoms with Crippen molar-refractivity contribution in [3.63, 3.8) is 0 Å². The molecule has 0 radical (unpaired) electrons. The van der Waals surface area contributed by atoms with Crippen molar-refractivity contribution < 1.29 is 4.79 Å². The summed E-state index contributed by atoms with van der Waals surface area (Å²) in [5.74, 6) is 0.0127. The smallest absolute Gasteiger partial charge is 0.233 e. The average molecular weight is 332 g/mol. The molecule has 0 spiro atoms. The highest BCUT2D eigenvalue weighted by Gasteiger charge is 2.24. The summed E-state index contributed by atoms with van der Waals surface area (Å²) >= 11 is 1.41. The number of thioether (sulfide) groups is 1. The Morgan fingerprint density at radius 3 is 2.78 bits per heavy atom. The van der Waals surface area contributed by atoms with Crippen molar-refractivity contribution in [1.29, 1.82) is 0 Å². The first-order valence-electron chi connectivity index (χ1n) is 7.65. The minimum Gasteiger partial charge on any atom is -0.354 e. The van der Waals surface area contributed by atoms with E-state index in [1.54, 1.807) is 6.33 Å². The topological polar surface area (TPSA) is 59.8 Å². The number of nitrogens with one attached hydrogen (secondary N) is 1. The molecule has 0 saturated heterocycles. The second-order valence-corrected chi connectivity index (χ2v) is 7.76. The molecule has 1 N–H and O–H groups in total. The maximum absolute atomic E-state index is 12.3. The molecule has 1 aromatic carbocycles. The van der Waals surface area contributed by atoms with Crippen LogP contribution in [0.5, 0.6) is 0 Å². The van der Waals surface area contributed by atoms with E-state index >= 15 is 0 Å². The molecule has 0 aliphatic rings. The van der Waals surface area contributed by atoms with Crippen LogP contribution in [0.3, 0.4) is 0 Å². The third kappa shape index (κ3) is 4.58. The number of amides is 1. The molecule has 0 saturated carbocycles. The largest absolute Gasteiger partial charge is 0.354 e. The number of benzene rings is 1. The van der Waals surface area contributed by atoms with Gasteiger partial charge in [-0.05, 0) is 19.4 Å². The van der Waals surface area contributed by atoms with Crippen LogP contribution in [-0.2, 0) is 17.3 Å². The maximum Gasteiger partial charge on any atom is 0.233 e. The molecule has 124 valence electrons. The van der Waals surface area contributed by atoms with Gasteiger partial charge in [0.15, 0.2) is 5.16 Å². The van der Waals surface area contributed by atoms with Crippen LogP contribution in [0.2, 0.25) is 0 Å². The Morgan fingerprint density at radius 2 is 2.17 bits per heavy atom. The zero-order valence-corrected chi connectivity index (χ0v) is 15.1. The number of hydrogen-bond acceptors (Lipinski definition) is 4. The van der Waals surface area contributed by atoms with Crippen LogP contribution in [0, 0.1) is 6.92 Å². The van der Waals surface area contributed by atoms with Crippen LogP contribution in [-0.4, -0.2) is 32.5 Å². The molecule has 0 aliphatic heterocycles. The summed E-state index contributed by atoms with van der Waals surface area (Å²) < 4.78 is 1.81. The van der Waals surface area contributed by atoms with E-state index in [2.05, 4.69) is 60.6 Å². The molecule has 0 bridgehead atoms. The van der Waals surface area contributed by atoms with Gasteiger partial charge in [0, 0.05) is 19.0 Å². The minimum atomic E-state index is -0.216. The second kappa shape index (κ2) is 7.17. The van der Waals surface area contributed by atoms with E-state index in [9.17, 15) is 4.79 Å². The first kappa shape index (κ1) is 17.5. The number of carbonyl (C=O) groups excluding carboxylic acids is 1. The second-order valence-electron chi connectivity index (χ2n) is 6.46. The number of aromatic nitrogens is 3. The minimum absolute atomic E-state index is 0.0127. The SMILES string of the molecule is Cc1cccc(C(C)(C)CNC(=O)[C@@H](C)Sc2nncn2C)c1. The fourth-order valence-corrected chi connectivity index (χ4v) is 3.03. The predicted octanol–water partition coefficient (Wildman–Crippen LogP) is 2.70. The molecule has 1 aromatic heterocycles. The lowest BCUT2D eigenvalue weighted by Crippen LogP contribution is -2.40. The fraction of sp³-hybridized carbons (Fsp3) is 0.471. The lowest BCUT2D eigenvalue weighted by Gasteiger charge is -2.26. The van der Waals surface area contributed by atoms with Crippen molar-refractivity contribution in [3.05, 3.63) is 41.7 Å². The van der Waals surface area contributed by atoms with Gasteiger partial charge >= 0.3 is 0 Å². The van der Waals surface area contributed by atoms with Crippen LogP contribution in [0.15, 0.2) is 35.7 Å². The van der Waals surface area contributed by atoms with Crippen molar-refractivity contribution in [2.24, 2.45) is 7.05 Å². The Kier molecular flexibility index (Phi) is 5.46. The lowest BCUT2D eigenvalue weighted by atomic mass is 9.84. The Labute approximate surface area is 141 Å². The molecule has 1 atom stereocenters. The third-order valence-electron chi connectivity index (χ3n) is 3.83. The quantitative estimate of drug-likeness (QED) is 0.826. The predicted molar refractivity (Wildman–Crippen MR) is 93.5 cm³/mol. The van der Waals surface area contributed by atoms with E-state index in [-0.39, 0.29) is 16.6 Å². The van der Waals surface area contributed by atoms with Gasteiger partial charge < -0.3 is 9.88 Å². The van der Waals surface area contributed by atoms with Gasteiger partial charge in [-0.25, -0.2) is 0 Å². The van der Waals surface area contributed by atoms with Crippen molar-refractivity contribution >= 4 is 17.7 Å². The molecule has 6 heteroatoms. The number of carbonyl (C=O) groups is 1. The van der Waals surface area contributed by atoms with Crippen molar-refractivity contribution in [2.45, 2.75) is 43.5 Å². The molecule has 0 unspecified atom stereocenters. The zero-order chi connectivity index (χ0) is 17.0. The summed E-state index contributed by atoms with van der Waals surface area (Å²) in [6, 6.07) is 8.42. The Morgan fingerprint density at radius 1 is 1.43 bits per heavy atom. The van der Waals surface area contributed by atoms with Crippen LogP contribution < -0.4 is 5.32 Å². The molecule has 5 nitrogen and oxygen atoms in total. The number of hydrogen-bond donors (Lipinski definition) is 1. The standard InChI is InChI=1S/C17H24N4OS/c1-12-7-6-8-14(9-12)17(3,4)10-18-15(22)13(2)23-16-20-19-11-21(16)5/h6-9,11,13H,10H2,1-5H3,(H,18,22)/t13-/m1/s1. The third-order valence-corrected chi connectivity index (χ3v) is 4.97. The molecule has 0 aliphatic carbocycles. The van der Waals surface area contributed by atoms with Crippen LogP contribution in [0.25, 0.3) is 0 Å². The number of rotatable bonds is 6. The van der Waals surface area contributed by atoms with E-state index in [1.807, 2.05) is 18.5 Å². The zero-order valence-electron chi connectivity index (χ0n) is 14.3. The van der Waals surface area contributed by atoms with E-state index in [1.165, 1.54) is 22.9 Å². The molecular formula is C17H24N4OS. The highest BCUT2D eigenvalue weighted by Crippen LogP contribution is 2.24. The van der Waals surface area contributed by atoms with Crippen LogP contribution in [0.4, 0.5) is 0 Å². The molecule has 0 fully saturated rings. The van der Waals surface area contributed by atoms with Crippen molar-refractivity contribution in [3.8, 4) is 0 Å². The Bertz CT molecular complexity index is 681. The lowest BCUT2D eigenvalue weighted by molar-refractivity contribution is -0.120. The number of nitrogens with zero attached hydrogens (tertiary/aromatic N) is 3. The Hall–Kier alpha value is -1.82. The van der Waals surface area contributed by atoms with Gasteiger partial charge in [0.25, 0.3) is 0 Å². The monoisotopic (exact) mass is 332 g/mol. The summed E-state index contributed by atoms with van der Waals surface area (Å²) in [6.45, 7) is 8.84. The van der Waals surface area contributed by atoms with E-state index in [0.717, 1.165) is 5.16 Å². The average Bonchev–Trinajstić information content (AvgIpc) is 2.90. The van der Waals surface area contributed by atoms with Crippen LogP contribution >= 0.6 is 11.8 Å². The normalized spacial score (nSPS) is 12.9. The molecule has 1 amide bonds. The summed E-state index contributed by atoms with van der Waals surface area (Å²) in [5.41, 5.74) is 2.34. The van der Waals surface area contributed by atoms with Crippen molar-refractivity contribution in [1.82, 2.24) is 20.1 Å². The summed E-state index contributed by atoms with van der Waals surface area (Å²) in [6.07, 6.45) is 1.63. The summed E-state index contributed by atoms with van der Waals surface area (Å²) in [7, 11) is 1.87. The van der Waals surface area contributed by atoms with Gasteiger partial charge in [-0.15, -0.1) is 10.2 Å². The van der Waals surface area contributed by atoms with E-state index in [4.69, 9.17) is 0 Å². The van der Waals surface area contributed by atoms with Gasteiger partial charge in [-0.2, -0.15) is 0 Å². The highest BCUT2D eigenvalue weighted by molar-refractivity contribution is 8.00. The van der Waals surface area contributed by atoms with Gasteiger partial charge in [0.2, 0.25) is 5.91 Å². The first-order chi connectivity index (χ1) is 10.8. The van der Waals surface area contributed by atoms with Gasteiger partial charge in [0.05, 0.1) is 5.25 Å². The molecule has 23 heavy (non-hydrogen) atoms. The van der Waals surface area contributed by atoms with Crippen LogP contribution in [0.1, 0.15) is 31.9 Å². The molecule has 1 heterocycles. The summed E-state index contributed by atoms with van der Waals surface area (Å²) in [4.78, 5) is 12.3. The molecule has 2 aromatic rings. The maximum atomic E-state index is 12.3. The summed E-state index contributed by atoms with van der Waals surface area (Å²) in [5, 5.41) is 11.4. The fourth-order valence-electron chi connectivity index (χ4n) is 2.21. The number of aryl methyl sites for hydroxylation is 2. The van der Waals surface area contributed by atoms with Gasteiger partial charge in [-0.1, -0.05) is 55.4 Å². The van der Waals surface area contributed by atoms with Gasteiger partial charge in [0.1, 0.15) is 6.33 Å². The molecular weight excluding hydrogens is 308 g/mol.